The second-order valence-corrected chi connectivity index (χ2v) is 6.54. The van der Waals surface area contributed by atoms with Crippen molar-refractivity contribution in [2.75, 3.05) is 12.3 Å². The molecular formula is C19H21Cl2N5O. The number of nitrogens with one attached hydrogen (secondary N) is 2. The Morgan fingerprint density at radius 1 is 1.30 bits per heavy atom. The molecule has 2 aromatic rings. The second kappa shape index (κ2) is 9.94. The minimum atomic E-state index is -0.0109. The Hall–Kier alpha value is -2.57. The fourth-order valence-electron chi connectivity index (χ4n) is 2.21. The van der Waals surface area contributed by atoms with Crippen molar-refractivity contribution in [2.24, 2.45) is 0 Å². The minimum absolute atomic E-state index is 0.0109. The van der Waals surface area contributed by atoms with Crippen LogP contribution in [0.15, 0.2) is 48.4 Å². The van der Waals surface area contributed by atoms with Crippen molar-refractivity contribution in [2.45, 2.75) is 20.3 Å². The Kier molecular flexibility index (Phi) is 7.64. The van der Waals surface area contributed by atoms with Gasteiger partial charge in [-0.3, -0.25) is 4.79 Å². The predicted molar refractivity (Wildman–Crippen MR) is 110 cm³/mol. The molecule has 27 heavy (non-hydrogen) atoms. The number of aryl methyl sites for hydroxylation is 1. The van der Waals surface area contributed by atoms with Crippen molar-refractivity contribution in [3.8, 4) is 11.4 Å². The van der Waals surface area contributed by atoms with Crippen LogP contribution in [0, 0.1) is 6.92 Å². The minimum Gasteiger partial charge on any atom is -0.396 e. The highest BCUT2D eigenvalue weighted by Crippen LogP contribution is 2.32. The van der Waals surface area contributed by atoms with Gasteiger partial charge in [0.2, 0.25) is 5.91 Å². The summed E-state index contributed by atoms with van der Waals surface area (Å²) in [5, 5.41) is 6.55. The molecule has 1 aliphatic heterocycles. The van der Waals surface area contributed by atoms with Crippen molar-refractivity contribution in [3.63, 3.8) is 0 Å². The molecule has 0 fully saturated rings. The molecule has 0 aliphatic carbocycles. The maximum Gasteiger partial charge on any atom is 0.245 e. The van der Waals surface area contributed by atoms with Crippen LogP contribution in [0.1, 0.15) is 19.0 Å². The van der Waals surface area contributed by atoms with E-state index < -0.39 is 0 Å². The summed E-state index contributed by atoms with van der Waals surface area (Å²) in [6.07, 6.45) is 7.88. The van der Waals surface area contributed by atoms with Gasteiger partial charge in [0.1, 0.15) is 0 Å². The second-order valence-electron chi connectivity index (χ2n) is 5.73. The molecule has 0 saturated carbocycles. The molecule has 0 radical (unpaired) electrons. The van der Waals surface area contributed by atoms with Crippen molar-refractivity contribution >= 4 is 34.8 Å². The third-order valence-electron chi connectivity index (χ3n) is 3.57. The zero-order valence-electron chi connectivity index (χ0n) is 15.1. The van der Waals surface area contributed by atoms with E-state index in [2.05, 4.69) is 20.6 Å². The van der Waals surface area contributed by atoms with Gasteiger partial charge >= 0.3 is 0 Å². The first kappa shape index (κ1) is 20.7. The number of benzene rings is 1. The molecule has 3 rings (SSSR count). The molecule has 0 atom stereocenters. The van der Waals surface area contributed by atoms with Crippen LogP contribution >= 0.6 is 23.2 Å². The first-order valence-corrected chi connectivity index (χ1v) is 9.07. The van der Waals surface area contributed by atoms with Gasteiger partial charge in [0.05, 0.1) is 15.7 Å². The van der Waals surface area contributed by atoms with E-state index in [1.165, 1.54) is 0 Å². The maximum absolute atomic E-state index is 10.8. The molecule has 1 aromatic heterocycles. The number of hydrogen-bond donors (Lipinski definition) is 3. The van der Waals surface area contributed by atoms with Crippen molar-refractivity contribution < 1.29 is 4.79 Å². The predicted octanol–water partition coefficient (Wildman–Crippen LogP) is 3.85. The molecule has 4 N–H and O–H groups in total. The average Bonchev–Trinajstić information content (AvgIpc) is 2.64. The first-order chi connectivity index (χ1) is 12.9. The fourth-order valence-corrected chi connectivity index (χ4v) is 2.69. The highest BCUT2D eigenvalue weighted by atomic mass is 35.5. The Morgan fingerprint density at radius 2 is 2.00 bits per heavy atom. The van der Waals surface area contributed by atoms with Crippen molar-refractivity contribution in [1.82, 2.24) is 20.6 Å². The van der Waals surface area contributed by atoms with Crippen molar-refractivity contribution in [1.29, 1.82) is 0 Å². The summed E-state index contributed by atoms with van der Waals surface area (Å²) in [5.74, 6) is 0.576. The SMILES string of the molecule is C/C=C\NC1=CC(=O)NCC1.Cc1ccnc(-c2cc(Cl)c(N)c(Cl)c2)n1. The van der Waals surface area contributed by atoms with E-state index in [1.54, 1.807) is 24.4 Å². The molecule has 6 nitrogen and oxygen atoms in total. The quantitative estimate of drug-likeness (QED) is 0.674. The van der Waals surface area contributed by atoms with Crippen LogP contribution < -0.4 is 16.4 Å². The van der Waals surface area contributed by atoms with Crippen LogP contribution in [0.2, 0.25) is 10.0 Å². The fraction of sp³-hybridized carbons (Fsp3) is 0.211. The van der Waals surface area contributed by atoms with Gasteiger partial charge in [-0.25, -0.2) is 9.97 Å². The first-order valence-electron chi connectivity index (χ1n) is 8.31. The zero-order valence-corrected chi connectivity index (χ0v) is 16.6. The Bertz CT molecular complexity index is 857. The van der Waals surface area contributed by atoms with Crippen LogP contribution in [0.5, 0.6) is 0 Å². The van der Waals surface area contributed by atoms with E-state index in [9.17, 15) is 4.79 Å². The summed E-state index contributed by atoms with van der Waals surface area (Å²) in [6, 6.07) is 5.24. The Balaban J connectivity index is 0.000000208. The molecular weight excluding hydrogens is 385 g/mol. The molecule has 0 bridgehead atoms. The number of carbonyl (C=O) groups excluding carboxylic acids is 1. The van der Waals surface area contributed by atoms with Crippen LogP contribution in [0.4, 0.5) is 5.69 Å². The number of carbonyl (C=O) groups is 1. The van der Waals surface area contributed by atoms with E-state index in [-0.39, 0.29) is 5.91 Å². The third kappa shape index (κ3) is 6.27. The Labute approximate surface area is 168 Å². The molecule has 0 spiro atoms. The molecule has 1 aromatic carbocycles. The Morgan fingerprint density at radius 3 is 2.59 bits per heavy atom. The number of hydrogen-bond acceptors (Lipinski definition) is 5. The van der Waals surface area contributed by atoms with E-state index in [1.807, 2.05) is 32.2 Å². The maximum atomic E-state index is 10.8. The largest absolute Gasteiger partial charge is 0.396 e. The number of nitrogens with zero attached hydrogens (tertiary/aromatic N) is 2. The summed E-state index contributed by atoms with van der Waals surface area (Å²) < 4.78 is 0. The molecule has 8 heteroatoms. The molecule has 142 valence electrons. The summed E-state index contributed by atoms with van der Waals surface area (Å²) in [7, 11) is 0. The number of allylic oxidation sites excluding steroid dienone is 1. The van der Waals surface area contributed by atoms with E-state index in [4.69, 9.17) is 28.9 Å². The molecule has 1 amide bonds. The molecule has 2 heterocycles. The van der Waals surface area contributed by atoms with E-state index in [0.29, 0.717) is 21.6 Å². The number of amides is 1. The van der Waals surface area contributed by atoms with Crippen LogP contribution in [0.3, 0.4) is 0 Å². The monoisotopic (exact) mass is 405 g/mol. The number of rotatable bonds is 3. The van der Waals surface area contributed by atoms with Crippen LogP contribution in [-0.2, 0) is 4.79 Å². The van der Waals surface area contributed by atoms with Gasteiger partial charge in [0.25, 0.3) is 0 Å². The van der Waals surface area contributed by atoms with Gasteiger partial charge in [0, 0.05) is 42.2 Å². The number of aromatic nitrogens is 2. The highest BCUT2D eigenvalue weighted by Gasteiger charge is 2.08. The van der Waals surface area contributed by atoms with Gasteiger partial charge in [0.15, 0.2) is 5.82 Å². The lowest BCUT2D eigenvalue weighted by Crippen LogP contribution is -2.29. The highest BCUT2D eigenvalue weighted by molar-refractivity contribution is 6.39. The summed E-state index contributed by atoms with van der Waals surface area (Å²) in [4.78, 5) is 19.2. The van der Waals surface area contributed by atoms with Crippen molar-refractivity contribution in [3.05, 3.63) is 64.2 Å². The standard InChI is InChI=1S/C11H9Cl2N3.C8H12N2O/c1-6-2-3-15-11(16-6)7-4-8(12)10(14)9(13)5-7;1-2-4-9-7-3-5-10-8(11)6-7/h2-5H,14H2,1H3;2,4,6,9H,3,5H2,1H3,(H,10,11)/b;4-2-. The number of halogens is 2. The average molecular weight is 406 g/mol. The van der Waals surface area contributed by atoms with Crippen LogP contribution in [-0.4, -0.2) is 22.4 Å². The van der Waals surface area contributed by atoms with Gasteiger partial charge in [-0.2, -0.15) is 0 Å². The lowest BCUT2D eigenvalue weighted by atomic mass is 10.2. The van der Waals surface area contributed by atoms with E-state index >= 15 is 0 Å². The van der Waals surface area contributed by atoms with Gasteiger partial charge in [-0.1, -0.05) is 29.3 Å². The summed E-state index contributed by atoms with van der Waals surface area (Å²) in [6.45, 7) is 4.55. The third-order valence-corrected chi connectivity index (χ3v) is 4.19. The number of anilines is 1. The molecule has 1 aliphatic rings. The van der Waals surface area contributed by atoms with Gasteiger partial charge < -0.3 is 16.4 Å². The van der Waals surface area contributed by atoms with Gasteiger partial charge in [-0.05, 0) is 38.2 Å². The normalized spacial score (nSPS) is 13.5. The summed E-state index contributed by atoms with van der Waals surface area (Å²) in [5.41, 5.74) is 8.65. The molecule has 0 unspecified atom stereocenters. The van der Waals surface area contributed by atoms with Gasteiger partial charge in [-0.15, -0.1) is 0 Å². The topological polar surface area (TPSA) is 92.9 Å². The zero-order chi connectivity index (χ0) is 19.8. The van der Waals surface area contributed by atoms with Crippen LogP contribution in [0.25, 0.3) is 11.4 Å². The number of nitrogens with two attached hydrogens (primary N) is 1. The lowest BCUT2D eigenvalue weighted by molar-refractivity contribution is -0.116. The van der Waals surface area contributed by atoms with E-state index in [0.717, 1.165) is 29.9 Å². The smallest absolute Gasteiger partial charge is 0.245 e. The molecule has 0 saturated heterocycles. The number of nitrogen functional groups attached to an aromatic ring is 1. The summed E-state index contributed by atoms with van der Waals surface area (Å²) >= 11 is 11.9. The lowest BCUT2D eigenvalue weighted by Gasteiger charge is -2.12.